The molecule has 1 aliphatic rings. The Hall–Kier alpha value is -1.89. The number of fused-ring (bicyclic) bond motifs is 1. The molecule has 0 saturated carbocycles. The molecule has 0 radical (unpaired) electrons. The van der Waals surface area contributed by atoms with E-state index in [2.05, 4.69) is 20.7 Å². The Bertz CT molecular complexity index is 630. The summed E-state index contributed by atoms with van der Waals surface area (Å²) in [4.78, 5) is 17.2. The van der Waals surface area contributed by atoms with Gasteiger partial charge >= 0.3 is 0 Å². The van der Waals surface area contributed by atoms with Gasteiger partial charge in [0.15, 0.2) is 0 Å². The molecule has 1 amide bonds. The van der Waals surface area contributed by atoms with Gasteiger partial charge in [0.05, 0.1) is 16.9 Å². The van der Waals surface area contributed by atoms with Crippen molar-refractivity contribution in [3.8, 4) is 0 Å². The van der Waals surface area contributed by atoms with Crippen LogP contribution in [-0.2, 0) is 6.54 Å². The summed E-state index contributed by atoms with van der Waals surface area (Å²) in [5, 5.41) is 11.3. The van der Waals surface area contributed by atoms with Crippen molar-refractivity contribution in [3.05, 3.63) is 21.8 Å². The Morgan fingerprint density at radius 2 is 2.37 bits per heavy atom. The van der Waals surface area contributed by atoms with Crippen molar-refractivity contribution < 1.29 is 4.79 Å². The van der Waals surface area contributed by atoms with Crippen molar-refractivity contribution in [2.75, 3.05) is 17.2 Å². The van der Waals surface area contributed by atoms with Crippen LogP contribution in [0.1, 0.15) is 26.8 Å². The summed E-state index contributed by atoms with van der Waals surface area (Å²) >= 11 is 1.41. The van der Waals surface area contributed by atoms with E-state index in [4.69, 9.17) is 0 Å². The molecule has 0 atom stereocenters. The third-order valence-electron chi connectivity index (χ3n) is 3.04. The van der Waals surface area contributed by atoms with Crippen LogP contribution in [0.2, 0.25) is 0 Å². The normalized spacial score (nSPS) is 13.8. The van der Waals surface area contributed by atoms with Crippen molar-refractivity contribution in [1.29, 1.82) is 0 Å². The highest BCUT2D eigenvalue weighted by atomic mass is 32.1. The summed E-state index contributed by atoms with van der Waals surface area (Å²) in [6, 6.07) is 0. The summed E-state index contributed by atoms with van der Waals surface area (Å²) in [6.45, 7) is 5.55. The molecule has 0 fully saturated rings. The lowest BCUT2D eigenvalue weighted by Crippen LogP contribution is -2.19. The van der Waals surface area contributed by atoms with Crippen molar-refractivity contribution in [2.45, 2.75) is 26.8 Å². The van der Waals surface area contributed by atoms with Gasteiger partial charge in [-0.2, -0.15) is 5.10 Å². The molecule has 0 spiro atoms. The van der Waals surface area contributed by atoms with Gasteiger partial charge in [0.1, 0.15) is 16.4 Å². The maximum Gasteiger partial charge on any atom is 0.267 e. The highest BCUT2D eigenvalue weighted by Crippen LogP contribution is 2.26. The minimum Gasteiger partial charge on any atom is -0.368 e. The van der Waals surface area contributed by atoms with Crippen molar-refractivity contribution in [3.63, 3.8) is 0 Å². The predicted octanol–water partition coefficient (Wildman–Crippen LogP) is 2.02. The number of rotatable bonds is 2. The Kier molecular flexibility index (Phi) is 2.98. The third kappa shape index (κ3) is 2.21. The third-order valence-corrected chi connectivity index (χ3v) is 4.11. The number of anilines is 2. The van der Waals surface area contributed by atoms with E-state index in [0.717, 1.165) is 41.7 Å². The van der Waals surface area contributed by atoms with Crippen LogP contribution in [0.25, 0.3) is 0 Å². The minimum atomic E-state index is -0.119. The van der Waals surface area contributed by atoms with Gasteiger partial charge in [-0.05, 0) is 20.3 Å². The van der Waals surface area contributed by atoms with E-state index < -0.39 is 0 Å². The van der Waals surface area contributed by atoms with Gasteiger partial charge in [0.25, 0.3) is 5.91 Å². The maximum atomic E-state index is 12.2. The van der Waals surface area contributed by atoms with Gasteiger partial charge < -0.3 is 10.6 Å². The lowest BCUT2D eigenvalue weighted by molar-refractivity contribution is 0.103. The average Bonchev–Trinajstić information content (AvgIpc) is 2.94. The number of amides is 1. The van der Waals surface area contributed by atoms with Crippen LogP contribution in [0.3, 0.4) is 0 Å². The molecule has 3 rings (SSSR count). The summed E-state index contributed by atoms with van der Waals surface area (Å²) in [5.41, 5.74) is 1.50. The molecular formula is C12H15N5OS. The largest absolute Gasteiger partial charge is 0.368 e. The molecule has 100 valence electrons. The van der Waals surface area contributed by atoms with E-state index in [1.165, 1.54) is 11.3 Å². The second kappa shape index (κ2) is 4.65. The van der Waals surface area contributed by atoms with E-state index in [1.54, 1.807) is 6.20 Å². The molecule has 0 unspecified atom stereocenters. The number of thiazole rings is 1. The van der Waals surface area contributed by atoms with E-state index in [0.29, 0.717) is 4.88 Å². The number of aryl methyl sites for hydroxylation is 3. The minimum absolute atomic E-state index is 0.119. The summed E-state index contributed by atoms with van der Waals surface area (Å²) in [5.74, 6) is 0.768. The van der Waals surface area contributed by atoms with E-state index >= 15 is 0 Å². The zero-order chi connectivity index (χ0) is 13.4. The van der Waals surface area contributed by atoms with Crippen molar-refractivity contribution >= 4 is 28.7 Å². The number of nitrogens with zero attached hydrogens (tertiary/aromatic N) is 3. The molecule has 1 aliphatic heterocycles. The molecule has 19 heavy (non-hydrogen) atoms. The Balaban J connectivity index is 1.83. The van der Waals surface area contributed by atoms with E-state index in [9.17, 15) is 4.79 Å². The maximum absolute atomic E-state index is 12.2. The van der Waals surface area contributed by atoms with Gasteiger partial charge in [-0.1, -0.05) is 0 Å². The topological polar surface area (TPSA) is 71.8 Å². The number of hydrogen-bond donors (Lipinski definition) is 2. The number of carbonyl (C=O) groups excluding carboxylic acids is 1. The zero-order valence-corrected chi connectivity index (χ0v) is 11.7. The summed E-state index contributed by atoms with van der Waals surface area (Å²) < 4.78 is 1.88. The number of nitrogens with one attached hydrogen (secondary N) is 2. The summed E-state index contributed by atoms with van der Waals surface area (Å²) in [7, 11) is 0. The fourth-order valence-corrected chi connectivity index (χ4v) is 3.00. The van der Waals surface area contributed by atoms with Crippen LogP contribution in [0.15, 0.2) is 6.20 Å². The first-order chi connectivity index (χ1) is 9.15. The predicted molar refractivity (Wildman–Crippen MR) is 74.9 cm³/mol. The van der Waals surface area contributed by atoms with Gasteiger partial charge in [0, 0.05) is 13.1 Å². The van der Waals surface area contributed by atoms with Crippen LogP contribution in [0, 0.1) is 13.8 Å². The first-order valence-corrected chi connectivity index (χ1v) is 7.02. The smallest absolute Gasteiger partial charge is 0.267 e. The number of aromatic nitrogens is 3. The highest BCUT2D eigenvalue weighted by Gasteiger charge is 2.19. The van der Waals surface area contributed by atoms with Gasteiger partial charge in [0.2, 0.25) is 0 Å². The average molecular weight is 277 g/mol. The first-order valence-electron chi connectivity index (χ1n) is 6.20. The van der Waals surface area contributed by atoms with Crippen molar-refractivity contribution in [1.82, 2.24) is 14.8 Å². The molecule has 0 saturated heterocycles. The molecular weight excluding hydrogens is 262 g/mol. The summed E-state index contributed by atoms with van der Waals surface area (Å²) in [6.07, 6.45) is 2.74. The second-order valence-corrected chi connectivity index (χ2v) is 5.72. The van der Waals surface area contributed by atoms with Crippen LogP contribution >= 0.6 is 11.3 Å². The molecule has 7 heteroatoms. The van der Waals surface area contributed by atoms with Crippen LogP contribution in [0.4, 0.5) is 11.5 Å². The molecule has 3 heterocycles. The molecule has 6 nitrogen and oxygen atoms in total. The number of hydrogen-bond acceptors (Lipinski definition) is 5. The van der Waals surface area contributed by atoms with Gasteiger partial charge in [-0.15, -0.1) is 11.3 Å². The highest BCUT2D eigenvalue weighted by molar-refractivity contribution is 7.13. The standard InChI is InChI=1S/C12H15N5OS/c1-7-10(19-8(2)15-7)12(18)16-9-6-14-17-5-3-4-13-11(9)17/h6,13H,3-5H2,1-2H3,(H,16,18). The molecule has 0 aromatic carbocycles. The van der Waals surface area contributed by atoms with Crippen molar-refractivity contribution in [2.24, 2.45) is 0 Å². The molecule has 2 N–H and O–H groups in total. The fraction of sp³-hybridized carbons (Fsp3) is 0.417. The van der Waals surface area contributed by atoms with Crippen LogP contribution in [0.5, 0.6) is 0 Å². The SMILES string of the molecule is Cc1nc(C)c(C(=O)Nc2cnn3c2NCCC3)s1. The van der Waals surface area contributed by atoms with Gasteiger partial charge in [-0.3, -0.25) is 4.79 Å². The Labute approximate surface area is 114 Å². The fourth-order valence-electron chi connectivity index (χ4n) is 2.19. The zero-order valence-electron chi connectivity index (χ0n) is 10.9. The molecule has 0 aliphatic carbocycles. The molecule has 0 bridgehead atoms. The molecule has 2 aromatic rings. The van der Waals surface area contributed by atoms with E-state index in [-0.39, 0.29) is 5.91 Å². The number of carbonyl (C=O) groups is 1. The molecule has 2 aromatic heterocycles. The van der Waals surface area contributed by atoms with Gasteiger partial charge in [-0.25, -0.2) is 9.67 Å². The second-order valence-electron chi connectivity index (χ2n) is 4.51. The lowest BCUT2D eigenvalue weighted by atomic mass is 10.3. The van der Waals surface area contributed by atoms with Crippen LogP contribution < -0.4 is 10.6 Å². The van der Waals surface area contributed by atoms with Crippen LogP contribution in [-0.4, -0.2) is 27.2 Å². The Morgan fingerprint density at radius 3 is 3.11 bits per heavy atom. The van der Waals surface area contributed by atoms with E-state index in [1.807, 2.05) is 18.5 Å². The first kappa shape index (κ1) is 12.2. The lowest BCUT2D eigenvalue weighted by Gasteiger charge is -2.16. The quantitative estimate of drug-likeness (QED) is 0.881. The monoisotopic (exact) mass is 277 g/mol. The Morgan fingerprint density at radius 1 is 1.53 bits per heavy atom.